The number of hydrogen-bond acceptors (Lipinski definition) is 8. The van der Waals surface area contributed by atoms with Crippen LogP contribution in [0.5, 0.6) is 0 Å². The van der Waals surface area contributed by atoms with Gasteiger partial charge in [0, 0.05) is 19.4 Å². The molecule has 2 atom stereocenters. The molecule has 0 aromatic carbocycles. The lowest BCUT2D eigenvalue weighted by Crippen LogP contribution is -2.29. The second kappa shape index (κ2) is 46.9. The molecule has 1 unspecified atom stereocenters. The van der Waals surface area contributed by atoms with Gasteiger partial charge in [0.15, 0.2) is 6.10 Å². The molecule has 0 saturated heterocycles. The van der Waals surface area contributed by atoms with Gasteiger partial charge in [-0.3, -0.25) is 18.6 Å². The van der Waals surface area contributed by atoms with Crippen molar-refractivity contribution in [2.75, 3.05) is 26.4 Å². The summed E-state index contributed by atoms with van der Waals surface area (Å²) < 4.78 is 32.9. The SMILES string of the molecule is CC/C=C\C/C=C\C/C=C\C/C=C\C/C=C\CCCCCC(=O)OC[C@H](COP(=O)(O)OCCN)OC(=O)CCCCCCCCCCCCC/C=C\CCCCCCCC. The number of rotatable bonds is 45. The molecule has 0 heterocycles. The van der Waals surface area contributed by atoms with Crippen molar-refractivity contribution in [3.63, 3.8) is 0 Å². The van der Waals surface area contributed by atoms with E-state index in [1.807, 2.05) is 0 Å². The van der Waals surface area contributed by atoms with Crippen LogP contribution in [0.15, 0.2) is 72.9 Å². The molecule has 0 aliphatic rings. The molecule has 352 valence electrons. The van der Waals surface area contributed by atoms with Crippen molar-refractivity contribution >= 4 is 19.8 Å². The lowest BCUT2D eigenvalue weighted by molar-refractivity contribution is -0.161. The molecule has 0 amide bonds. The molecule has 0 saturated carbocycles. The lowest BCUT2D eigenvalue weighted by atomic mass is 10.0. The Balaban J connectivity index is 4.14. The fourth-order valence-corrected chi connectivity index (χ4v) is 7.24. The molecule has 0 fully saturated rings. The van der Waals surface area contributed by atoms with Gasteiger partial charge < -0.3 is 20.1 Å². The molecule has 9 nitrogen and oxygen atoms in total. The van der Waals surface area contributed by atoms with Crippen LogP contribution < -0.4 is 5.73 Å². The van der Waals surface area contributed by atoms with E-state index in [1.54, 1.807) is 0 Å². The highest BCUT2D eigenvalue weighted by Gasteiger charge is 2.26. The van der Waals surface area contributed by atoms with Gasteiger partial charge in [0.1, 0.15) is 6.61 Å². The summed E-state index contributed by atoms with van der Waals surface area (Å²) in [4.78, 5) is 35.0. The fraction of sp³-hybridized carbons (Fsp3) is 0.725. The van der Waals surface area contributed by atoms with Gasteiger partial charge in [0.05, 0.1) is 13.2 Å². The van der Waals surface area contributed by atoms with Gasteiger partial charge in [0.25, 0.3) is 0 Å². The van der Waals surface area contributed by atoms with Gasteiger partial charge in [-0.2, -0.15) is 0 Å². The maximum atomic E-state index is 12.6. The van der Waals surface area contributed by atoms with E-state index in [4.69, 9.17) is 24.3 Å². The minimum atomic E-state index is -4.39. The Kier molecular flexibility index (Phi) is 45.0. The molecule has 10 heteroatoms. The summed E-state index contributed by atoms with van der Waals surface area (Å²) in [5.74, 6) is -0.868. The molecule has 0 aliphatic carbocycles. The highest BCUT2D eigenvalue weighted by Crippen LogP contribution is 2.43. The first-order valence-electron chi connectivity index (χ1n) is 24.4. The molecule has 0 aliphatic heterocycles. The quantitative estimate of drug-likeness (QED) is 0.0265. The third-order valence-corrected chi connectivity index (χ3v) is 11.1. The van der Waals surface area contributed by atoms with Crippen molar-refractivity contribution in [1.29, 1.82) is 0 Å². The number of esters is 2. The molecule has 0 spiro atoms. The summed E-state index contributed by atoms with van der Waals surface area (Å²) in [7, 11) is -4.39. The zero-order valence-corrected chi connectivity index (χ0v) is 39.8. The van der Waals surface area contributed by atoms with Gasteiger partial charge in [-0.1, -0.05) is 183 Å². The third-order valence-electron chi connectivity index (χ3n) is 10.1. The normalized spacial score (nSPS) is 13.8. The van der Waals surface area contributed by atoms with Gasteiger partial charge >= 0.3 is 19.8 Å². The van der Waals surface area contributed by atoms with E-state index in [2.05, 4.69) is 86.8 Å². The van der Waals surface area contributed by atoms with E-state index in [-0.39, 0.29) is 32.6 Å². The number of phosphoric acid groups is 1. The molecular formula is C51H90NO8P. The molecule has 0 aromatic rings. The molecule has 61 heavy (non-hydrogen) atoms. The van der Waals surface area contributed by atoms with Crippen molar-refractivity contribution in [2.24, 2.45) is 5.73 Å². The Morgan fingerprint density at radius 1 is 0.508 bits per heavy atom. The van der Waals surface area contributed by atoms with Crippen LogP contribution in [0, 0.1) is 0 Å². The lowest BCUT2D eigenvalue weighted by Gasteiger charge is -2.19. The number of allylic oxidation sites excluding steroid dienone is 12. The Labute approximate surface area is 373 Å². The Hall–Kier alpha value is -2.55. The van der Waals surface area contributed by atoms with Crippen LogP contribution in [0.1, 0.15) is 206 Å². The first-order chi connectivity index (χ1) is 29.8. The van der Waals surface area contributed by atoms with Crippen molar-refractivity contribution in [3.8, 4) is 0 Å². The van der Waals surface area contributed by atoms with Gasteiger partial charge in [-0.15, -0.1) is 0 Å². The molecule has 0 bridgehead atoms. The summed E-state index contributed by atoms with van der Waals surface area (Å²) in [5, 5.41) is 0. The summed E-state index contributed by atoms with van der Waals surface area (Å²) in [6, 6.07) is 0. The van der Waals surface area contributed by atoms with Crippen LogP contribution in [0.4, 0.5) is 0 Å². The third kappa shape index (κ3) is 46.8. The molecule has 3 N–H and O–H groups in total. The Morgan fingerprint density at radius 3 is 1.38 bits per heavy atom. The molecule has 0 rings (SSSR count). The number of carbonyl (C=O) groups is 2. The minimum Gasteiger partial charge on any atom is -0.462 e. The number of nitrogens with two attached hydrogens (primary N) is 1. The van der Waals surface area contributed by atoms with E-state index in [1.165, 1.54) is 96.3 Å². The van der Waals surface area contributed by atoms with Gasteiger partial charge in [-0.25, -0.2) is 4.57 Å². The van der Waals surface area contributed by atoms with Crippen molar-refractivity contribution in [3.05, 3.63) is 72.9 Å². The predicted molar refractivity (Wildman–Crippen MR) is 256 cm³/mol. The fourth-order valence-electron chi connectivity index (χ4n) is 6.48. The van der Waals surface area contributed by atoms with E-state index >= 15 is 0 Å². The average Bonchev–Trinajstić information content (AvgIpc) is 3.25. The maximum Gasteiger partial charge on any atom is 0.472 e. The van der Waals surface area contributed by atoms with E-state index in [0.29, 0.717) is 12.8 Å². The summed E-state index contributed by atoms with van der Waals surface area (Å²) in [6.07, 6.45) is 57.9. The van der Waals surface area contributed by atoms with E-state index in [0.717, 1.165) is 70.6 Å². The van der Waals surface area contributed by atoms with Crippen molar-refractivity contribution in [2.45, 2.75) is 213 Å². The minimum absolute atomic E-state index is 0.0456. The van der Waals surface area contributed by atoms with Crippen LogP contribution in [-0.2, 0) is 32.7 Å². The first-order valence-corrected chi connectivity index (χ1v) is 25.9. The smallest absolute Gasteiger partial charge is 0.462 e. The predicted octanol–water partition coefficient (Wildman–Crippen LogP) is 14.6. The summed E-state index contributed by atoms with van der Waals surface area (Å²) >= 11 is 0. The number of hydrogen-bond donors (Lipinski definition) is 2. The van der Waals surface area contributed by atoms with Crippen LogP contribution in [0.3, 0.4) is 0 Å². The van der Waals surface area contributed by atoms with E-state index in [9.17, 15) is 19.0 Å². The molecule has 0 radical (unpaired) electrons. The maximum absolute atomic E-state index is 12.6. The zero-order chi connectivity index (χ0) is 44.6. The zero-order valence-electron chi connectivity index (χ0n) is 38.9. The number of ether oxygens (including phenoxy) is 2. The Morgan fingerprint density at radius 2 is 0.902 bits per heavy atom. The Bertz CT molecular complexity index is 1230. The van der Waals surface area contributed by atoms with Crippen LogP contribution >= 0.6 is 7.82 Å². The standard InChI is InChI=1S/C51H90NO8P/c1-3-5-7-9-11-13-15-17-19-21-23-24-26-28-30-32-34-36-38-40-42-44-51(54)60-49(48-59-61(55,56)58-46-45-52)47-57-50(53)43-41-39-37-35-33-31-29-27-25-22-20-18-16-14-12-10-8-6-4-2/h6,8,12,14,17-20,25,27,31,33,49H,3-5,7,9-11,13,15-16,21-24,26,28-30,32,34-48,52H2,1-2H3,(H,55,56)/b8-6-,14-12-,19-17-,20-18-,27-25-,33-31-/t49-/m1/s1. The highest BCUT2D eigenvalue weighted by atomic mass is 31.2. The monoisotopic (exact) mass is 876 g/mol. The van der Waals surface area contributed by atoms with Crippen LogP contribution in [-0.4, -0.2) is 49.3 Å². The van der Waals surface area contributed by atoms with Gasteiger partial charge in [0.2, 0.25) is 0 Å². The topological polar surface area (TPSA) is 134 Å². The van der Waals surface area contributed by atoms with Gasteiger partial charge in [-0.05, 0) is 83.5 Å². The second-order valence-electron chi connectivity index (χ2n) is 15.9. The number of carbonyl (C=O) groups excluding carboxylic acids is 2. The van der Waals surface area contributed by atoms with E-state index < -0.39 is 32.5 Å². The number of phosphoric ester groups is 1. The first kappa shape index (κ1) is 58.5. The van der Waals surface area contributed by atoms with Crippen molar-refractivity contribution in [1.82, 2.24) is 0 Å². The van der Waals surface area contributed by atoms with Crippen LogP contribution in [0.25, 0.3) is 0 Å². The van der Waals surface area contributed by atoms with Crippen molar-refractivity contribution < 1.29 is 37.6 Å². The average molecular weight is 876 g/mol. The second-order valence-corrected chi connectivity index (χ2v) is 17.4. The molecule has 0 aromatic heterocycles. The highest BCUT2D eigenvalue weighted by molar-refractivity contribution is 7.47. The van der Waals surface area contributed by atoms with Crippen LogP contribution in [0.2, 0.25) is 0 Å². The molecular weight excluding hydrogens is 786 g/mol. The number of unbranched alkanes of at least 4 members (excludes halogenated alkanes) is 20. The summed E-state index contributed by atoms with van der Waals surface area (Å²) in [6.45, 7) is 3.58. The summed E-state index contributed by atoms with van der Waals surface area (Å²) in [5.41, 5.74) is 5.36. The largest absolute Gasteiger partial charge is 0.472 e.